The fourth-order valence-electron chi connectivity index (χ4n) is 8.51. The van der Waals surface area contributed by atoms with E-state index in [0.717, 1.165) is 40.2 Å². The first kappa shape index (κ1) is 51.1. The minimum absolute atomic E-state index is 0.0667. The number of nitriles is 1. The Bertz CT molecular complexity index is 2450. The van der Waals surface area contributed by atoms with Crippen LogP contribution in [0.3, 0.4) is 0 Å². The minimum Gasteiger partial charge on any atom is -0.494 e. The van der Waals surface area contributed by atoms with E-state index in [-0.39, 0.29) is 51.9 Å². The Morgan fingerprint density at radius 2 is 1.64 bits per heavy atom. The molecule has 1 unspecified atom stereocenters. The minimum atomic E-state index is -0.988. The zero-order valence-corrected chi connectivity index (χ0v) is 41.6. The Hall–Kier alpha value is -5.31. The maximum absolute atomic E-state index is 14.1. The quantitative estimate of drug-likeness (QED) is 0.0602. The van der Waals surface area contributed by atoms with Crippen LogP contribution in [0.4, 0.5) is 11.4 Å². The van der Waals surface area contributed by atoms with Crippen molar-refractivity contribution in [3.63, 3.8) is 0 Å². The van der Waals surface area contributed by atoms with Gasteiger partial charge in [0, 0.05) is 43.9 Å². The molecule has 1 saturated carbocycles. The fraction of sp³-hybridized carbons (Fsp3) is 0.480. The van der Waals surface area contributed by atoms with E-state index in [2.05, 4.69) is 27.5 Å². The van der Waals surface area contributed by atoms with Crippen molar-refractivity contribution in [2.24, 2.45) is 23.2 Å². The predicted molar refractivity (Wildman–Crippen MR) is 264 cm³/mol. The Labute approximate surface area is 407 Å². The number of unbranched alkanes of at least 4 members (excludes halogenated alkanes) is 1. The van der Waals surface area contributed by atoms with Gasteiger partial charge in [-0.15, -0.1) is 11.3 Å². The number of benzene rings is 2. The van der Waals surface area contributed by atoms with Gasteiger partial charge in [0.1, 0.15) is 24.0 Å². The fourth-order valence-corrected chi connectivity index (χ4v) is 10.0. The number of aromatic nitrogens is 2. The second-order valence-electron chi connectivity index (χ2n) is 18.8. The third-order valence-corrected chi connectivity index (χ3v) is 13.7. The van der Waals surface area contributed by atoms with Gasteiger partial charge in [-0.05, 0) is 118 Å². The van der Waals surface area contributed by atoms with E-state index >= 15 is 0 Å². The maximum Gasteiger partial charge on any atom is 0.259 e. The summed E-state index contributed by atoms with van der Waals surface area (Å²) < 4.78 is 17.4. The first-order valence-electron chi connectivity index (χ1n) is 22.6. The van der Waals surface area contributed by atoms with Crippen LogP contribution >= 0.6 is 35.2 Å². The van der Waals surface area contributed by atoms with Crippen LogP contribution < -0.4 is 25.2 Å². The van der Waals surface area contributed by atoms with E-state index in [9.17, 15) is 24.4 Å². The third-order valence-electron chi connectivity index (χ3n) is 12.1. The number of carbonyl (C=O) groups excluding carboxylic acids is 4. The second kappa shape index (κ2) is 22.7. The molecule has 2 aliphatic rings. The molecular formula is C50H60ClN7O7S2. The van der Waals surface area contributed by atoms with Crippen molar-refractivity contribution < 1.29 is 33.4 Å². The lowest BCUT2D eigenvalue weighted by Gasteiger charge is -2.33. The predicted octanol–water partition coefficient (Wildman–Crippen LogP) is 8.62. The van der Waals surface area contributed by atoms with E-state index < -0.39 is 28.8 Å². The summed E-state index contributed by atoms with van der Waals surface area (Å²) in [5.74, 6) is -0.962. The molecule has 1 aliphatic carbocycles. The Kier molecular flexibility index (Phi) is 17.3. The summed E-state index contributed by atoms with van der Waals surface area (Å²) in [5, 5.41) is 15.6. The number of aryl methyl sites for hydroxylation is 1. The van der Waals surface area contributed by atoms with E-state index in [1.165, 1.54) is 17.2 Å². The lowest BCUT2D eigenvalue weighted by Crippen LogP contribution is -2.53. The molecule has 0 spiro atoms. The van der Waals surface area contributed by atoms with Crippen LogP contribution in [0, 0.1) is 41.4 Å². The van der Waals surface area contributed by atoms with Crippen molar-refractivity contribution in [3.05, 3.63) is 88.3 Å². The maximum atomic E-state index is 14.1. The summed E-state index contributed by atoms with van der Waals surface area (Å²) in [6, 6.07) is 18.1. The molecule has 17 heteroatoms. The molecule has 0 bridgehead atoms. The van der Waals surface area contributed by atoms with Crippen LogP contribution in [0.5, 0.6) is 5.75 Å². The number of pyridine rings is 1. The number of nitrogens with one attached hydrogen (secondary N) is 2. The smallest absolute Gasteiger partial charge is 0.259 e. The Balaban J connectivity index is 0.856. The number of carbonyl (C=O) groups is 4. The van der Waals surface area contributed by atoms with Crippen LogP contribution in [0.2, 0.25) is 5.02 Å². The van der Waals surface area contributed by atoms with Crippen LogP contribution in [0.25, 0.3) is 10.4 Å². The van der Waals surface area contributed by atoms with Crippen molar-refractivity contribution >= 4 is 75.1 Å². The molecular weight excluding hydrogens is 910 g/mol. The number of thiocarbonyl (C=S) groups is 1. The number of hydrogen-bond acceptors (Lipinski definition) is 12. The van der Waals surface area contributed by atoms with Crippen molar-refractivity contribution in [1.29, 1.82) is 5.26 Å². The first-order valence-corrected chi connectivity index (χ1v) is 24.3. The Morgan fingerprint density at radius 1 is 0.970 bits per heavy atom. The molecule has 1 aliphatic heterocycles. The molecule has 2 N–H and O–H groups in total. The number of rotatable bonds is 21. The zero-order chi connectivity index (χ0) is 48.5. The van der Waals surface area contributed by atoms with Gasteiger partial charge in [-0.25, -0.2) is 9.97 Å². The second-order valence-corrected chi connectivity index (χ2v) is 20.4. The average Bonchev–Trinajstić information content (AvgIpc) is 3.96. The van der Waals surface area contributed by atoms with Crippen molar-refractivity contribution in [2.75, 3.05) is 42.8 Å². The van der Waals surface area contributed by atoms with Gasteiger partial charge in [-0.1, -0.05) is 63.6 Å². The van der Waals surface area contributed by atoms with Crippen LogP contribution in [-0.4, -0.2) is 83.2 Å². The normalized spacial score (nSPS) is 18.5. The number of Topliss-reactive ketones (excluding diaryl/α,β-unsaturated/α-hetero) is 1. The summed E-state index contributed by atoms with van der Waals surface area (Å²) in [6.45, 7) is 15.4. The standard InChI is InChI=1S/C50H60ClN7O7S2/c1-31-23-38(39(24-31)46(61)54-27-33-11-13-34(14-12-33)44-32(2)55-30-67-44)43(60)45(49(3,4)5)56-42(59)29-64-21-10-20-63-19-8-9-22-65-37-17-15-35(16-18-37)58-48(66)57(47(62)50(58,6)7)36-25-40(51)41(26-52)53-28-36/h11-18,25,28,30-31,38-39,45H,8-10,19-24,27,29H2,1-7H3,(H,54,61)(H,56,59)/t31-,38?,39+,45+/m0/s1. The van der Waals surface area contributed by atoms with Gasteiger partial charge in [0.25, 0.3) is 5.91 Å². The monoisotopic (exact) mass is 969 g/mol. The molecule has 67 heavy (non-hydrogen) atoms. The molecule has 2 aromatic heterocycles. The number of anilines is 2. The van der Waals surface area contributed by atoms with Crippen molar-refractivity contribution in [1.82, 2.24) is 20.6 Å². The van der Waals surface area contributed by atoms with Gasteiger partial charge in [0.2, 0.25) is 11.8 Å². The number of thiazole rings is 1. The van der Waals surface area contributed by atoms with E-state index in [1.54, 1.807) is 30.1 Å². The molecule has 3 amide bonds. The lowest BCUT2D eigenvalue weighted by atomic mass is 9.77. The topological polar surface area (TPSA) is 176 Å². The average molecular weight is 971 g/mol. The van der Waals surface area contributed by atoms with Crippen LogP contribution in [0.15, 0.2) is 66.3 Å². The molecule has 2 fully saturated rings. The highest BCUT2D eigenvalue weighted by atomic mass is 35.5. The summed E-state index contributed by atoms with van der Waals surface area (Å²) in [7, 11) is 0. The molecule has 2 aromatic carbocycles. The summed E-state index contributed by atoms with van der Waals surface area (Å²) in [4.78, 5) is 66.9. The highest BCUT2D eigenvalue weighted by Gasteiger charge is 2.50. The Morgan fingerprint density at radius 3 is 2.30 bits per heavy atom. The number of amides is 3. The first-order chi connectivity index (χ1) is 31.9. The molecule has 6 rings (SSSR count). The van der Waals surface area contributed by atoms with E-state index in [0.29, 0.717) is 63.7 Å². The SMILES string of the molecule is Cc1ncsc1-c1ccc(CNC(=O)[C@@H]2C[C@@H](C)CC2C(=O)[C@@H](NC(=O)COCCCOCCCCOc2ccc(N3C(=S)N(c4cnc(C#N)c(Cl)c4)C(=O)C3(C)C)cc2)C(C)(C)C)cc1. The van der Waals surface area contributed by atoms with E-state index in [4.69, 9.17) is 38.0 Å². The number of ether oxygens (including phenoxy) is 3. The summed E-state index contributed by atoms with van der Waals surface area (Å²) in [6.07, 6.45) is 4.78. The van der Waals surface area contributed by atoms with Crippen LogP contribution in [0.1, 0.15) is 90.6 Å². The zero-order valence-electron chi connectivity index (χ0n) is 39.2. The molecule has 4 atom stereocenters. The van der Waals surface area contributed by atoms with Gasteiger partial charge in [0.05, 0.1) is 45.6 Å². The molecule has 4 aromatic rings. The highest BCUT2D eigenvalue weighted by molar-refractivity contribution is 7.81. The molecule has 1 saturated heterocycles. The van der Waals surface area contributed by atoms with Gasteiger partial charge in [-0.2, -0.15) is 5.26 Å². The third kappa shape index (κ3) is 12.6. The van der Waals surface area contributed by atoms with Crippen LogP contribution in [-0.2, 0) is 35.2 Å². The molecule has 356 valence electrons. The summed E-state index contributed by atoms with van der Waals surface area (Å²) in [5.41, 5.74) is 4.49. The number of halogens is 1. The van der Waals surface area contributed by atoms with Crippen molar-refractivity contribution in [2.45, 2.75) is 98.7 Å². The van der Waals surface area contributed by atoms with Crippen molar-refractivity contribution in [3.8, 4) is 22.3 Å². The van der Waals surface area contributed by atoms with Gasteiger partial charge in [-0.3, -0.25) is 24.1 Å². The largest absolute Gasteiger partial charge is 0.494 e. The number of nitrogens with zero attached hydrogens (tertiary/aromatic N) is 5. The van der Waals surface area contributed by atoms with E-state index in [1.807, 2.05) is 87.8 Å². The molecule has 3 heterocycles. The number of hydrogen-bond donors (Lipinski definition) is 2. The van der Waals surface area contributed by atoms with Gasteiger partial charge in [0.15, 0.2) is 16.6 Å². The van der Waals surface area contributed by atoms with Gasteiger partial charge < -0.3 is 29.7 Å². The summed E-state index contributed by atoms with van der Waals surface area (Å²) >= 11 is 13.5. The lowest BCUT2D eigenvalue weighted by molar-refractivity contribution is -0.138. The molecule has 0 radical (unpaired) electrons. The van der Waals surface area contributed by atoms with Gasteiger partial charge >= 0.3 is 0 Å². The highest BCUT2D eigenvalue weighted by Crippen LogP contribution is 2.40. The molecule has 14 nitrogen and oxygen atoms in total. The number of ketones is 1.